The molecule has 74 valence electrons. The molecule has 3 N–H and O–H groups in total. The highest BCUT2D eigenvalue weighted by Crippen LogP contribution is 2.36. The van der Waals surface area contributed by atoms with Gasteiger partial charge in [-0.15, -0.1) is 0 Å². The van der Waals surface area contributed by atoms with E-state index in [0.29, 0.717) is 24.5 Å². The average molecular weight is 193 g/mol. The standard InChI is InChI=1S/C10H11NO3/c1-5-4-7(10(12)13)9-6(8(5)11)2-3-14-9/h4H,2-3,11H2,1H3,(H,12,13). The van der Waals surface area contributed by atoms with E-state index in [-0.39, 0.29) is 5.56 Å². The SMILES string of the molecule is Cc1cc(C(=O)O)c2c(c1N)CCO2. The number of carbonyl (C=O) groups is 1. The third-order valence-corrected chi connectivity index (χ3v) is 2.46. The molecule has 0 bridgehead atoms. The molecule has 1 aliphatic heterocycles. The lowest BCUT2D eigenvalue weighted by molar-refractivity contribution is 0.0693. The fourth-order valence-corrected chi connectivity index (χ4v) is 1.71. The summed E-state index contributed by atoms with van der Waals surface area (Å²) in [5.74, 6) is -0.521. The number of anilines is 1. The zero-order valence-corrected chi connectivity index (χ0v) is 7.83. The minimum Gasteiger partial charge on any atom is -0.492 e. The first-order chi connectivity index (χ1) is 6.61. The van der Waals surface area contributed by atoms with Gasteiger partial charge in [-0.2, -0.15) is 0 Å². The number of hydrogen-bond acceptors (Lipinski definition) is 3. The van der Waals surface area contributed by atoms with Gasteiger partial charge in [0.05, 0.1) is 6.61 Å². The van der Waals surface area contributed by atoms with Crippen LogP contribution in [0.4, 0.5) is 5.69 Å². The molecule has 14 heavy (non-hydrogen) atoms. The van der Waals surface area contributed by atoms with Gasteiger partial charge in [0, 0.05) is 17.7 Å². The summed E-state index contributed by atoms with van der Waals surface area (Å²) in [7, 11) is 0. The fraction of sp³-hybridized carbons (Fsp3) is 0.300. The second-order valence-electron chi connectivity index (χ2n) is 3.37. The van der Waals surface area contributed by atoms with E-state index in [0.717, 1.165) is 11.1 Å². The van der Waals surface area contributed by atoms with Crippen molar-refractivity contribution in [3.05, 3.63) is 22.8 Å². The Labute approximate surface area is 81.3 Å². The molecule has 0 radical (unpaired) electrons. The van der Waals surface area contributed by atoms with E-state index in [1.165, 1.54) is 0 Å². The highest BCUT2D eigenvalue weighted by molar-refractivity contribution is 5.93. The maximum atomic E-state index is 10.9. The predicted octanol–water partition coefficient (Wildman–Crippen LogP) is 1.21. The van der Waals surface area contributed by atoms with Gasteiger partial charge in [-0.25, -0.2) is 4.79 Å². The zero-order valence-electron chi connectivity index (χ0n) is 7.83. The summed E-state index contributed by atoms with van der Waals surface area (Å²) in [5.41, 5.74) is 8.33. The highest BCUT2D eigenvalue weighted by Gasteiger charge is 2.23. The first-order valence-electron chi connectivity index (χ1n) is 4.39. The topological polar surface area (TPSA) is 72.5 Å². The van der Waals surface area contributed by atoms with Gasteiger partial charge in [0.2, 0.25) is 0 Å². The third kappa shape index (κ3) is 1.11. The number of aryl methyl sites for hydroxylation is 1. The van der Waals surface area contributed by atoms with E-state index >= 15 is 0 Å². The number of nitrogen functional groups attached to an aromatic ring is 1. The number of benzene rings is 1. The molecule has 4 heteroatoms. The molecule has 0 fully saturated rings. The van der Waals surface area contributed by atoms with E-state index in [4.69, 9.17) is 15.6 Å². The van der Waals surface area contributed by atoms with Crippen molar-refractivity contribution in [1.29, 1.82) is 0 Å². The number of ether oxygens (including phenoxy) is 1. The summed E-state index contributed by atoms with van der Waals surface area (Å²) < 4.78 is 5.27. The van der Waals surface area contributed by atoms with Crippen LogP contribution >= 0.6 is 0 Å². The van der Waals surface area contributed by atoms with Crippen LogP contribution in [0.1, 0.15) is 21.5 Å². The van der Waals surface area contributed by atoms with Crippen LogP contribution in [0.2, 0.25) is 0 Å². The molecule has 0 saturated heterocycles. The van der Waals surface area contributed by atoms with E-state index in [1.54, 1.807) is 13.0 Å². The van der Waals surface area contributed by atoms with Crippen LogP contribution in [0.25, 0.3) is 0 Å². The van der Waals surface area contributed by atoms with Crippen molar-refractivity contribution in [3.63, 3.8) is 0 Å². The molecular weight excluding hydrogens is 182 g/mol. The first-order valence-corrected chi connectivity index (χ1v) is 4.39. The summed E-state index contributed by atoms with van der Waals surface area (Å²) in [5, 5.41) is 8.94. The maximum absolute atomic E-state index is 10.9. The van der Waals surface area contributed by atoms with Gasteiger partial charge in [-0.1, -0.05) is 0 Å². The number of nitrogens with two attached hydrogens (primary N) is 1. The van der Waals surface area contributed by atoms with Crippen LogP contribution in [0, 0.1) is 6.92 Å². The van der Waals surface area contributed by atoms with Crippen molar-refractivity contribution in [1.82, 2.24) is 0 Å². The molecule has 0 spiro atoms. The molecule has 0 atom stereocenters. The lowest BCUT2D eigenvalue weighted by Gasteiger charge is -2.09. The van der Waals surface area contributed by atoms with Gasteiger partial charge in [-0.05, 0) is 18.6 Å². The smallest absolute Gasteiger partial charge is 0.339 e. The number of hydrogen-bond donors (Lipinski definition) is 2. The second kappa shape index (κ2) is 2.90. The maximum Gasteiger partial charge on any atom is 0.339 e. The van der Waals surface area contributed by atoms with Gasteiger partial charge in [0.25, 0.3) is 0 Å². The minimum atomic E-state index is -0.966. The van der Waals surface area contributed by atoms with E-state index in [2.05, 4.69) is 0 Å². The molecule has 1 aromatic carbocycles. The molecule has 0 unspecified atom stereocenters. The van der Waals surface area contributed by atoms with Crippen LogP contribution in [0.15, 0.2) is 6.07 Å². The van der Waals surface area contributed by atoms with Crippen LogP contribution < -0.4 is 10.5 Å². The minimum absolute atomic E-state index is 0.212. The average Bonchev–Trinajstić information content (AvgIpc) is 2.59. The lowest BCUT2D eigenvalue weighted by Crippen LogP contribution is -2.03. The predicted molar refractivity (Wildman–Crippen MR) is 51.7 cm³/mol. The molecule has 0 saturated carbocycles. The molecule has 1 aliphatic rings. The lowest BCUT2D eigenvalue weighted by atomic mass is 10.0. The molecular formula is C10H11NO3. The molecule has 0 aliphatic carbocycles. The van der Waals surface area contributed by atoms with Gasteiger partial charge in [0.15, 0.2) is 0 Å². The molecule has 1 aromatic rings. The van der Waals surface area contributed by atoms with Crippen molar-refractivity contribution in [3.8, 4) is 5.75 Å². The van der Waals surface area contributed by atoms with Crippen molar-refractivity contribution >= 4 is 11.7 Å². The molecule has 4 nitrogen and oxygen atoms in total. The summed E-state index contributed by atoms with van der Waals surface area (Å²) in [6.45, 7) is 2.32. The van der Waals surface area contributed by atoms with E-state index in [1.807, 2.05) is 0 Å². The Bertz CT molecular complexity index is 412. The van der Waals surface area contributed by atoms with Crippen molar-refractivity contribution in [2.45, 2.75) is 13.3 Å². The normalized spacial score (nSPS) is 13.5. The summed E-state index contributed by atoms with van der Waals surface area (Å²) in [4.78, 5) is 10.9. The van der Waals surface area contributed by atoms with Crippen molar-refractivity contribution in [2.24, 2.45) is 0 Å². The van der Waals surface area contributed by atoms with Gasteiger partial charge in [-0.3, -0.25) is 0 Å². The highest BCUT2D eigenvalue weighted by atomic mass is 16.5. The van der Waals surface area contributed by atoms with Gasteiger partial charge < -0.3 is 15.6 Å². The van der Waals surface area contributed by atoms with Gasteiger partial charge in [0.1, 0.15) is 11.3 Å². The Morgan fingerprint density at radius 3 is 3.00 bits per heavy atom. The summed E-state index contributed by atoms with van der Waals surface area (Å²) in [6.07, 6.45) is 0.698. The van der Waals surface area contributed by atoms with Gasteiger partial charge >= 0.3 is 5.97 Å². The Kier molecular flexibility index (Phi) is 1.84. The van der Waals surface area contributed by atoms with E-state index < -0.39 is 5.97 Å². The van der Waals surface area contributed by atoms with Crippen LogP contribution in [-0.4, -0.2) is 17.7 Å². The molecule has 2 rings (SSSR count). The molecule has 1 heterocycles. The molecule has 0 amide bonds. The number of carboxylic acid groups (broad SMARTS) is 1. The fourth-order valence-electron chi connectivity index (χ4n) is 1.71. The summed E-state index contributed by atoms with van der Waals surface area (Å²) in [6, 6.07) is 1.56. The van der Waals surface area contributed by atoms with Crippen LogP contribution in [-0.2, 0) is 6.42 Å². The number of carboxylic acids is 1. The number of fused-ring (bicyclic) bond motifs is 1. The van der Waals surface area contributed by atoms with E-state index in [9.17, 15) is 4.79 Å². The third-order valence-electron chi connectivity index (χ3n) is 2.46. The second-order valence-corrected chi connectivity index (χ2v) is 3.37. The largest absolute Gasteiger partial charge is 0.492 e. The van der Waals surface area contributed by atoms with Crippen molar-refractivity contribution in [2.75, 3.05) is 12.3 Å². The molecule has 0 aromatic heterocycles. The van der Waals surface area contributed by atoms with Crippen molar-refractivity contribution < 1.29 is 14.6 Å². The number of aromatic carboxylic acids is 1. The van der Waals surface area contributed by atoms with Crippen LogP contribution in [0.5, 0.6) is 5.75 Å². The zero-order chi connectivity index (χ0) is 10.3. The Balaban J connectivity index is 2.70. The quantitative estimate of drug-likeness (QED) is 0.657. The monoisotopic (exact) mass is 193 g/mol. The summed E-state index contributed by atoms with van der Waals surface area (Å²) >= 11 is 0. The van der Waals surface area contributed by atoms with Crippen LogP contribution in [0.3, 0.4) is 0 Å². The Hall–Kier alpha value is -1.71. The first kappa shape index (κ1) is 8.87. The Morgan fingerprint density at radius 2 is 2.36 bits per heavy atom. The number of rotatable bonds is 1. The Morgan fingerprint density at radius 1 is 1.64 bits per heavy atom.